The summed E-state index contributed by atoms with van der Waals surface area (Å²) < 4.78 is 48.9. The summed E-state index contributed by atoms with van der Waals surface area (Å²) in [5.41, 5.74) is 1.68. The van der Waals surface area contributed by atoms with Gasteiger partial charge >= 0.3 is 6.18 Å². The lowest BCUT2D eigenvalue weighted by Crippen LogP contribution is -2.44. The van der Waals surface area contributed by atoms with Gasteiger partial charge in [-0.1, -0.05) is 17.7 Å². The number of fused-ring (bicyclic) bond motifs is 1. The summed E-state index contributed by atoms with van der Waals surface area (Å²) in [7, 11) is 3.30. The topological polar surface area (TPSA) is 30.5 Å². The van der Waals surface area contributed by atoms with Gasteiger partial charge in [-0.05, 0) is 49.6 Å². The lowest BCUT2D eigenvalue weighted by atomic mass is 9.78. The van der Waals surface area contributed by atoms with Crippen molar-refractivity contribution in [3.63, 3.8) is 0 Å². The van der Waals surface area contributed by atoms with Gasteiger partial charge in [0.1, 0.15) is 5.76 Å². The molecule has 26 heavy (non-hydrogen) atoms. The van der Waals surface area contributed by atoms with Gasteiger partial charge in [0.25, 0.3) is 0 Å². The highest BCUT2D eigenvalue weighted by atomic mass is 19.4. The van der Waals surface area contributed by atoms with Gasteiger partial charge in [0.05, 0.1) is 19.8 Å². The Balaban J connectivity index is 1.66. The van der Waals surface area contributed by atoms with Gasteiger partial charge in [0, 0.05) is 18.4 Å². The summed E-state index contributed by atoms with van der Waals surface area (Å²) in [4.78, 5) is 0. The molecule has 0 amide bonds. The zero-order chi connectivity index (χ0) is 18.7. The first-order valence-corrected chi connectivity index (χ1v) is 8.83. The predicted molar refractivity (Wildman–Crippen MR) is 93.4 cm³/mol. The molecule has 1 aromatic rings. The van der Waals surface area contributed by atoms with Crippen LogP contribution < -0.4 is 5.32 Å². The molecule has 1 heterocycles. The normalized spacial score (nSPS) is 23.3. The van der Waals surface area contributed by atoms with Crippen LogP contribution in [0.2, 0.25) is 0 Å². The standard InChI is InChI=1S/C20H24F3NO2/c1-25-18-11-14-9-10-24-17(16(14)12-19(18)26-2)8-5-13-3-6-15(7-4-13)20(21,22)23/h3-4,6-7,11,16-17,24H,5,8-10,12H2,1-2H3/t16?,17-/m0/s1. The molecular weight excluding hydrogens is 343 g/mol. The van der Waals surface area contributed by atoms with E-state index >= 15 is 0 Å². The molecule has 1 aliphatic carbocycles. The fourth-order valence-electron chi connectivity index (χ4n) is 3.83. The summed E-state index contributed by atoms with van der Waals surface area (Å²) in [6.07, 6.45) is 1.17. The molecule has 1 aromatic carbocycles. The molecule has 0 aromatic heterocycles. The fraction of sp³-hybridized carbons (Fsp3) is 0.500. The first kappa shape index (κ1) is 18.8. The Kier molecular flexibility index (Phi) is 5.61. The van der Waals surface area contributed by atoms with Crippen LogP contribution in [-0.2, 0) is 22.1 Å². The van der Waals surface area contributed by atoms with Gasteiger partial charge in [-0.2, -0.15) is 13.2 Å². The van der Waals surface area contributed by atoms with Gasteiger partial charge in [-0.25, -0.2) is 0 Å². The second-order valence-corrected chi connectivity index (χ2v) is 6.77. The molecular formula is C20H24F3NO2. The maximum Gasteiger partial charge on any atom is 0.416 e. The highest BCUT2D eigenvalue weighted by molar-refractivity contribution is 5.32. The second-order valence-electron chi connectivity index (χ2n) is 6.77. The van der Waals surface area contributed by atoms with Crippen molar-refractivity contribution in [1.29, 1.82) is 0 Å². The van der Waals surface area contributed by atoms with Gasteiger partial charge in [0.15, 0.2) is 5.76 Å². The molecule has 6 heteroatoms. The molecule has 1 unspecified atom stereocenters. The average Bonchev–Trinajstić information content (AvgIpc) is 2.64. The predicted octanol–water partition coefficient (Wildman–Crippen LogP) is 4.45. The molecule has 1 N–H and O–H groups in total. The van der Waals surface area contributed by atoms with Crippen molar-refractivity contribution in [2.75, 3.05) is 20.8 Å². The van der Waals surface area contributed by atoms with E-state index in [1.807, 2.05) is 0 Å². The van der Waals surface area contributed by atoms with Crippen molar-refractivity contribution in [3.8, 4) is 0 Å². The molecule has 0 spiro atoms. The van der Waals surface area contributed by atoms with Crippen molar-refractivity contribution in [1.82, 2.24) is 5.32 Å². The van der Waals surface area contributed by atoms with Crippen molar-refractivity contribution in [2.24, 2.45) is 5.92 Å². The van der Waals surface area contributed by atoms with Crippen LogP contribution in [0.15, 0.2) is 47.4 Å². The van der Waals surface area contributed by atoms with Crippen LogP contribution in [0.4, 0.5) is 13.2 Å². The number of hydrogen-bond donors (Lipinski definition) is 1. The Labute approximate surface area is 151 Å². The van der Waals surface area contributed by atoms with E-state index in [0.717, 1.165) is 61.4 Å². The van der Waals surface area contributed by atoms with Crippen LogP contribution >= 0.6 is 0 Å². The van der Waals surface area contributed by atoms with E-state index in [1.54, 1.807) is 26.4 Å². The average molecular weight is 367 g/mol. The van der Waals surface area contributed by atoms with Crippen molar-refractivity contribution >= 4 is 0 Å². The number of hydrogen-bond acceptors (Lipinski definition) is 3. The van der Waals surface area contributed by atoms with Crippen LogP contribution in [0.25, 0.3) is 0 Å². The van der Waals surface area contributed by atoms with E-state index in [0.29, 0.717) is 5.92 Å². The number of piperidine rings is 1. The molecule has 0 saturated carbocycles. The van der Waals surface area contributed by atoms with Gasteiger partial charge in [-0.15, -0.1) is 0 Å². The number of allylic oxidation sites excluding steroid dienone is 2. The Morgan fingerprint density at radius 3 is 2.46 bits per heavy atom. The molecule has 3 nitrogen and oxygen atoms in total. The Morgan fingerprint density at radius 2 is 1.85 bits per heavy atom. The SMILES string of the molecule is COC1=C(OC)CC2C(=C1)CCN[C@H]2CCc1ccc(C(F)(F)F)cc1. The summed E-state index contributed by atoms with van der Waals surface area (Å²) >= 11 is 0. The third-order valence-corrected chi connectivity index (χ3v) is 5.27. The quantitative estimate of drug-likeness (QED) is 0.834. The summed E-state index contributed by atoms with van der Waals surface area (Å²) in [5.74, 6) is 1.98. The van der Waals surface area contributed by atoms with Gasteiger partial charge in [-0.3, -0.25) is 0 Å². The van der Waals surface area contributed by atoms with E-state index in [-0.39, 0.29) is 6.04 Å². The second kappa shape index (κ2) is 7.74. The van der Waals surface area contributed by atoms with Crippen molar-refractivity contribution in [2.45, 2.75) is 37.9 Å². The van der Waals surface area contributed by atoms with Crippen LogP contribution in [0.5, 0.6) is 0 Å². The Hall–Kier alpha value is -1.95. The number of nitrogens with one attached hydrogen (secondary N) is 1. The summed E-state index contributed by atoms with van der Waals surface area (Å²) in [6.45, 7) is 0.902. The van der Waals surface area contributed by atoms with E-state index in [4.69, 9.17) is 9.47 Å². The third-order valence-electron chi connectivity index (χ3n) is 5.27. The minimum Gasteiger partial charge on any atom is -0.497 e. The number of benzene rings is 1. The first-order valence-electron chi connectivity index (χ1n) is 8.83. The van der Waals surface area contributed by atoms with Crippen LogP contribution in [0, 0.1) is 5.92 Å². The molecule has 2 aliphatic rings. The number of alkyl halides is 3. The number of aryl methyl sites for hydroxylation is 1. The smallest absolute Gasteiger partial charge is 0.416 e. The lowest BCUT2D eigenvalue weighted by Gasteiger charge is -2.37. The monoisotopic (exact) mass is 367 g/mol. The molecule has 1 aliphatic heterocycles. The fourth-order valence-corrected chi connectivity index (χ4v) is 3.83. The van der Waals surface area contributed by atoms with E-state index < -0.39 is 11.7 Å². The molecule has 142 valence electrons. The highest BCUT2D eigenvalue weighted by Gasteiger charge is 2.33. The highest BCUT2D eigenvalue weighted by Crippen LogP contribution is 2.37. The molecule has 1 fully saturated rings. The maximum absolute atomic E-state index is 12.7. The number of halogens is 3. The zero-order valence-corrected chi connectivity index (χ0v) is 15.0. The van der Waals surface area contributed by atoms with Crippen LogP contribution in [-0.4, -0.2) is 26.8 Å². The Bertz CT molecular complexity index is 692. The molecule has 1 saturated heterocycles. The van der Waals surface area contributed by atoms with Crippen LogP contribution in [0.1, 0.15) is 30.4 Å². The van der Waals surface area contributed by atoms with Crippen molar-refractivity contribution < 1.29 is 22.6 Å². The van der Waals surface area contributed by atoms with E-state index in [9.17, 15) is 13.2 Å². The number of methoxy groups -OCH3 is 2. The zero-order valence-electron chi connectivity index (χ0n) is 15.0. The number of rotatable bonds is 5. The minimum absolute atomic E-state index is 0.279. The molecule has 2 atom stereocenters. The number of ether oxygens (including phenoxy) is 2. The first-order chi connectivity index (χ1) is 12.4. The summed E-state index contributed by atoms with van der Waals surface area (Å²) in [5, 5.41) is 3.56. The third kappa shape index (κ3) is 4.06. The largest absolute Gasteiger partial charge is 0.497 e. The van der Waals surface area contributed by atoms with Crippen LogP contribution in [0.3, 0.4) is 0 Å². The molecule has 0 bridgehead atoms. The van der Waals surface area contributed by atoms with Crippen molar-refractivity contribution in [3.05, 3.63) is 58.6 Å². The minimum atomic E-state index is -4.28. The summed E-state index contributed by atoms with van der Waals surface area (Å²) in [6, 6.07) is 5.75. The van der Waals surface area contributed by atoms with Gasteiger partial charge in [0.2, 0.25) is 0 Å². The molecule has 0 radical (unpaired) electrons. The molecule has 3 rings (SSSR count). The van der Waals surface area contributed by atoms with E-state index in [1.165, 1.54) is 5.57 Å². The van der Waals surface area contributed by atoms with Gasteiger partial charge < -0.3 is 14.8 Å². The Morgan fingerprint density at radius 1 is 1.12 bits per heavy atom. The maximum atomic E-state index is 12.7. The lowest BCUT2D eigenvalue weighted by molar-refractivity contribution is -0.137. The van der Waals surface area contributed by atoms with E-state index in [2.05, 4.69) is 11.4 Å².